The number of rotatable bonds is 7. The maximum Gasteiger partial charge on any atom is 0.343 e. The van der Waals surface area contributed by atoms with Gasteiger partial charge in [-0.05, 0) is 61.9 Å². The number of benzene rings is 3. The van der Waals surface area contributed by atoms with E-state index in [-0.39, 0.29) is 11.5 Å². The first kappa shape index (κ1) is 24.2. The molecule has 35 heavy (non-hydrogen) atoms. The second-order valence-corrected chi connectivity index (χ2v) is 8.51. The average Bonchev–Trinajstić information content (AvgIpc) is 2.85. The summed E-state index contributed by atoms with van der Waals surface area (Å²) in [4.78, 5) is 12.5. The minimum Gasteiger partial charge on any atom is -0.490 e. The third-order valence-corrected chi connectivity index (χ3v) is 5.91. The van der Waals surface area contributed by atoms with Gasteiger partial charge in [0.2, 0.25) is 5.88 Å². The lowest BCUT2D eigenvalue weighted by atomic mass is 9.83. The van der Waals surface area contributed by atoms with E-state index in [1.165, 1.54) is 0 Å². The molecule has 0 saturated heterocycles. The third-order valence-electron chi connectivity index (χ3n) is 5.38. The molecule has 178 valence electrons. The molecule has 1 atom stereocenters. The highest BCUT2D eigenvalue weighted by Gasteiger charge is 2.32. The highest BCUT2D eigenvalue weighted by Crippen LogP contribution is 2.45. The molecule has 0 aliphatic carbocycles. The van der Waals surface area contributed by atoms with Crippen LogP contribution in [0, 0.1) is 11.3 Å². The van der Waals surface area contributed by atoms with Crippen LogP contribution < -0.4 is 24.7 Å². The van der Waals surface area contributed by atoms with Crippen molar-refractivity contribution in [3.63, 3.8) is 0 Å². The number of halogens is 1. The molecule has 1 aliphatic heterocycles. The summed E-state index contributed by atoms with van der Waals surface area (Å²) in [6.07, 6.45) is 0. The Hall–Kier alpha value is -3.96. The van der Waals surface area contributed by atoms with E-state index in [1.807, 2.05) is 32.0 Å². The molecule has 1 heterocycles. The van der Waals surface area contributed by atoms with Gasteiger partial charge in [-0.3, -0.25) is 0 Å². The van der Waals surface area contributed by atoms with Crippen LogP contribution in [0.2, 0.25) is 0 Å². The number of esters is 1. The van der Waals surface area contributed by atoms with Gasteiger partial charge in [-0.2, -0.15) is 5.26 Å². The van der Waals surface area contributed by atoms with Crippen molar-refractivity contribution in [1.29, 1.82) is 5.26 Å². The Kier molecular flexibility index (Phi) is 7.28. The zero-order valence-electron chi connectivity index (χ0n) is 19.2. The molecule has 8 heteroatoms. The fourth-order valence-corrected chi connectivity index (χ4v) is 4.11. The molecule has 0 bridgehead atoms. The van der Waals surface area contributed by atoms with E-state index >= 15 is 0 Å². The number of fused-ring (bicyclic) bond motifs is 1. The summed E-state index contributed by atoms with van der Waals surface area (Å²) < 4.78 is 23.6. The first-order chi connectivity index (χ1) is 16.9. The van der Waals surface area contributed by atoms with Gasteiger partial charge in [0.25, 0.3) is 0 Å². The van der Waals surface area contributed by atoms with Gasteiger partial charge in [0, 0.05) is 16.1 Å². The zero-order valence-corrected chi connectivity index (χ0v) is 20.8. The quantitative estimate of drug-likeness (QED) is 0.307. The van der Waals surface area contributed by atoms with E-state index in [4.69, 9.17) is 24.7 Å². The molecular weight excluding hydrogens is 512 g/mol. The van der Waals surface area contributed by atoms with Gasteiger partial charge >= 0.3 is 5.97 Å². The van der Waals surface area contributed by atoms with Crippen LogP contribution in [0.3, 0.4) is 0 Å². The van der Waals surface area contributed by atoms with Crippen molar-refractivity contribution in [2.24, 2.45) is 5.73 Å². The van der Waals surface area contributed by atoms with E-state index < -0.39 is 11.9 Å². The summed E-state index contributed by atoms with van der Waals surface area (Å²) in [5, 5.41) is 9.85. The Morgan fingerprint density at radius 3 is 2.43 bits per heavy atom. The standard InChI is InChI=1S/C27H23BrN2O5/c1-3-32-22-12-7-17(13-24(22)33-4-2)25-20-11-10-19(14-23(20)35-26(30)21(25)15-29)34-27(31)16-5-8-18(28)9-6-16/h5-14,25H,3-4,30H2,1-2H3. The monoisotopic (exact) mass is 534 g/mol. The maximum atomic E-state index is 12.5. The number of ether oxygens (including phenoxy) is 4. The van der Waals surface area contributed by atoms with Crippen molar-refractivity contribution in [3.05, 3.63) is 93.3 Å². The van der Waals surface area contributed by atoms with Crippen molar-refractivity contribution < 1.29 is 23.7 Å². The molecule has 3 aromatic rings. The number of carbonyl (C=O) groups is 1. The second-order valence-electron chi connectivity index (χ2n) is 7.59. The highest BCUT2D eigenvalue weighted by molar-refractivity contribution is 9.10. The fraction of sp³-hybridized carbons (Fsp3) is 0.185. The van der Waals surface area contributed by atoms with E-state index in [1.54, 1.807) is 42.5 Å². The Bertz CT molecular complexity index is 1330. The smallest absolute Gasteiger partial charge is 0.343 e. The van der Waals surface area contributed by atoms with E-state index in [0.717, 1.165) is 10.0 Å². The van der Waals surface area contributed by atoms with Crippen molar-refractivity contribution in [2.45, 2.75) is 19.8 Å². The molecule has 2 N–H and O–H groups in total. The number of carbonyl (C=O) groups excluding carboxylic acids is 1. The molecule has 0 saturated carbocycles. The Morgan fingerprint density at radius 2 is 1.74 bits per heavy atom. The van der Waals surface area contributed by atoms with Crippen molar-refractivity contribution in [1.82, 2.24) is 0 Å². The average molecular weight is 535 g/mol. The summed E-state index contributed by atoms with van der Waals surface area (Å²) in [7, 11) is 0. The molecule has 0 spiro atoms. The lowest BCUT2D eigenvalue weighted by Gasteiger charge is -2.27. The summed E-state index contributed by atoms with van der Waals surface area (Å²) in [5.74, 6) is 0.901. The number of hydrogen-bond acceptors (Lipinski definition) is 7. The SMILES string of the molecule is CCOc1ccc(C2C(C#N)=C(N)Oc3cc(OC(=O)c4ccc(Br)cc4)ccc32)cc1OCC. The second kappa shape index (κ2) is 10.5. The van der Waals surface area contributed by atoms with Crippen LogP contribution in [0.1, 0.15) is 41.3 Å². The minimum absolute atomic E-state index is 0.00627. The third kappa shape index (κ3) is 5.10. The Balaban J connectivity index is 1.70. The predicted octanol–water partition coefficient (Wildman–Crippen LogP) is 5.68. The van der Waals surface area contributed by atoms with Crippen molar-refractivity contribution >= 4 is 21.9 Å². The van der Waals surface area contributed by atoms with Gasteiger partial charge in [0.15, 0.2) is 11.5 Å². The number of nitrogens with zero attached hydrogens (tertiary/aromatic N) is 1. The number of allylic oxidation sites excluding steroid dienone is 1. The minimum atomic E-state index is -0.501. The molecule has 7 nitrogen and oxygen atoms in total. The number of nitriles is 1. The van der Waals surface area contributed by atoms with Gasteiger partial charge < -0.3 is 24.7 Å². The van der Waals surface area contributed by atoms with Crippen LogP contribution in [-0.4, -0.2) is 19.2 Å². The normalized spacial score (nSPS) is 14.4. The molecule has 0 fully saturated rings. The topological polar surface area (TPSA) is 104 Å². The fourth-order valence-electron chi connectivity index (χ4n) is 3.84. The van der Waals surface area contributed by atoms with Crippen LogP contribution in [0.15, 0.2) is 76.6 Å². The van der Waals surface area contributed by atoms with Crippen molar-refractivity contribution in [2.75, 3.05) is 13.2 Å². The number of nitrogens with two attached hydrogens (primary N) is 1. The summed E-state index contributed by atoms with van der Waals surface area (Å²) >= 11 is 3.35. The summed E-state index contributed by atoms with van der Waals surface area (Å²) in [6, 6.07) is 19.6. The van der Waals surface area contributed by atoms with E-state index in [0.29, 0.717) is 47.3 Å². The Morgan fingerprint density at radius 1 is 1.03 bits per heavy atom. The lowest BCUT2D eigenvalue weighted by Crippen LogP contribution is -2.21. The van der Waals surface area contributed by atoms with Gasteiger partial charge in [0.05, 0.1) is 24.7 Å². The molecular formula is C27H23BrN2O5. The van der Waals surface area contributed by atoms with Gasteiger partial charge in [-0.25, -0.2) is 4.79 Å². The molecule has 0 aromatic heterocycles. The largest absolute Gasteiger partial charge is 0.490 e. The van der Waals surface area contributed by atoms with Gasteiger partial charge in [0.1, 0.15) is 23.1 Å². The lowest BCUT2D eigenvalue weighted by molar-refractivity contribution is 0.0734. The highest BCUT2D eigenvalue weighted by atomic mass is 79.9. The van der Waals surface area contributed by atoms with Crippen LogP contribution in [0.5, 0.6) is 23.0 Å². The van der Waals surface area contributed by atoms with Gasteiger partial charge in [-0.15, -0.1) is 0 Å². The first-order valence-corrected chi connectivity index (χ1v) is 11.8. The Labute approximate surface area is 211 Å². The maximum absolute atomic E-state index is 12.5. The zero-order chi connectivity index (χ0) is 24.9. The summed E-state index contributed by atoms with van der Waals surface area (Å²) in [6.45, 7) is 4.75. The van der Waals surface area contributed by atoms with Crippen molar-refractivity contribution in [3.8, 4) is 29.1 Å². The van der Waals surface area contributed by atoms with Crippen LogP contribution in [0.25, 0.3) is 0 Å². The molecule has 1 aliphatic rings. The summed E-state index contributed by atoms with van der Waals surface area (Å²) in [5.41, 5.74) is 8.33. The molecule has 4 rings (SSSR count). The van der Waals surface area contributed by atoms with Crippen LogP contribution in [-0.2, 0) is 0 Å². The van der Waals surface area contributed by atoms with Gasteiger partial charge in [-0.1, -0.05) is 28.1 Å². The van der Waals surface area contributed by atoms with Crippen LogP contribution in [0.4, 0.5) is 0 Å². The molecule has 0 radical (unpaired) electrons. The predicted molar refractivity (Wildman–Crippen MR) is 134 cm³/mol. The van der Waals surface area contributed by atoms with E-state index in [2.05, 4.69) is 22.0 Å². The molecule has 1 unspecified atom stereocenters. The van der Waals surface area contributed by atoms with E-state index in [9.17, 15) is 10.1 Å². The molecule has 3 aromatic carbocycles. The molecule has 0 amide bonds. The van der Waals surface area contributed by atoms with Crippen LogP contribution >= 0.6 is 15.9 Å². The number of hydrogen-bond donors (Lipinski definition) is 1. The first-order valence-electron chi connectivity index (χ1n) is 11.0.